The highest BCUT2D eigenvalue weighted by Crippen LogP contribution is 2.28. The van der Waals surface area contributed by atoms with Crippen LogP contribution in [0.5, 0.6) is 0 Å². The Labute approximate surface area is 80.4 Å². The Kier molecular flexibility index (Phi) is 3.00. The third-order valence-electron chi connectivity index (χ3n) is 1.79. The van der Waals surface area contributed by atoms with Crippen LogP contribution in [0.2, 0.25) is 0 Å². The predicted octanol–water partition coefficient (Wildman–Crippen LogP) is 1.95. The second-order valence-corrected chi connectivity index (χ2v) is 4.65. The first-order chi connectivity index (χ1) is 5.83. The van der Waals surface area contributed by atoms with Crippen molar-refractivity contribution in [1.82, 2.24) is 0 Å². The van der Waals surface area contributed by atoms with Crippen LogP contribution in [-0.2, 0) is 14.2 Å². The fourth-order valence-corrected chi connectivity index (χ4v) is 1.68. The maximum atomic E-state index is 5.82. The van der Waals surface area contributed by atoms with Gasteiger partial charge in [0.15, 0.2) is 5.79 Å². The molecule has 0 aliphatic carbocycles. The zero-order chi connectivity index (χ0) is 10.1. The van der Waals surface area contributed by atoms with Crippen LogP contribution >= 0.6 is 0 Å². The molecule has 3 nitrogen and oxygen atoms in total. The Balaban J connectivity index is 2.58. The minimum absolute atomic E-state index is 0.155. The molecule has 1 atom stereocenters. The van der Waals surface area contributed by atoms with E-state index in [1.165, 1.54) is 0 Å². The van der Waals surface area contributed by atoms with Crippen molar-refractivity contribution in [1.29, 1.82) is 0 Å². The Bertz CT molecular complexity index is 177. The summed E-state index contributed by atoms with van der Waals surface area (Å²) in [5, 5.41) is 0. The minimum atomic E-state index is -0.587. The van der Waals surface area contributed by atoms with Crippen LogP contribution in [0.1, 0.15) is 34.6 Å². The van der Waals surface area contributed by atoms with Crippen LogP contribution in [0.3, 0.4) is 0 Å². The summed E-state index contributed by atoms with van der Waals surface area (Å²) in [5.74, 6) is -0.587. The predicted molar refractivity (Wildman–Crippen MR) is 50.6 cm³/mol. The van der Waals surface area contributed by atoms with Gasteiger partial charge in [-0.25, -0.2) is 0 Å². The van der Waals surface area contributed by atoms with Gasteiger partial charge in [0.2, 0.25) is 0 Å². The van der Waals surface area contributed by atoms with E-state index in [2.05, 4.69) is 0 Å². The average molecular weight is 188 g/mol. The quantitative estimate of drug-likeness (QED) is 0.663. The Morgan fingerprint density at radius 3 is 2.23 bits per heavy atom. The van der Waals surface area contributed by atoms with Crippen LogP contribution in [0.4, 0.5) is 0 Å². The van der Waals surface area contributed by atoms with E-state index in [1.807, 2.05) is 34.6 Å². The molecule has 0 aromatic carbocycles. The van der Waals surface area contributed by atoms with E-state index < -0.39 is 5.79 Å². The van der Waals surface area contributed by atoms with E-state index in [-0.39, 0.29) is 11.7 Å². The molecule has 3 heteroatoms. The smallest absolute Gasteiger partial charge is 0.189 e. The standard InChI is InChI=1S/C10H20O3/c1-8(2)12-10(5)7-11-6-9(3,4)13-10/h8H,6-7H2,1-5H3. The van der Waals surface area contributed by atoms with E-state index in [4.69, 9.17) is 14.2 Å². The lowest BCUT2D eigenvalue weighted by Crippen LogP contribution is -2.52. The third kappa shape index (κ3) is 3.25. The summed E-state index contributed by atoms with van der Waals surface area (Å²) in [4.78, 5) is 0. The Hall–Kier alpha value is -0.120. The van der Waals surface area contributed by atoms with Gasteiger partial charge in [0, 0.05) is 0 Å². The van der Waals surface area contributed by atoms with Gasteiger partial charge < -0.3 is 14.2 Å². The van der Waals surface area contributed by atoms with E-state index in [1.54, 1.807) is 0 Å². The largest absolute Gasteiger partial charge is 0.373 e. The fourth-order valence-electron chi connectivity index (χ4n) is 1.68. The fraction of sp³-hybridized carbons (Fsp3) is 1.00. The van der Waals surface area contributed by atoms with Crippen molar-refractivity contribution in [2.75, 3.05) is 13.2 Å². The van der Waals surface area contributed by atoms with Crippen molar-refractivity contribution in [3.05, 3.63) is 0 Å². The van der Waals surface area contributed by atoms with Crippen LogP contribution < -0.4 is 0 Å². The molecular weight excluding hydrogens is 168 g/mol. The first kappa shape index (κ1) is 11.0. The highest BCUT2D eigenvalue weighted by molar-refractivity contribution is 4.79. The maximum absolute atomic E-state index is 5.82. The maximum Gasteiger partial charge on any atom is 0.189 e. The lowest BCUT2D eigenvalue weighted by atomic mass is 10.1. The van der Waals surface area contributed by atoms with Gasteiger partial charge in [-0.15, -0.1) is 0 Å². The molecule has 1 rings (SSSR count). The summed E-state index contributed by atoms with van der Waals surface area (Å²) in [5.41, 5.74) is -0.248. The highest BCUT2D eigenvalue weighted by atomic mass is 16.7. The molecule has 0 amide bonds. The Morgan fingerprint density at radius 2 is 1.77 bits per heavy atom. The highest BCUT2D eigenvalue weighted by Gasteiger charge is 2.39. The molecule has 0 spiro atoms. The zero-order valence-corrected chi connectivity index (χ0v) is 9.22. The van der Waals surface area contributed by atoms with Gasteiger partial charge in [0.05, 0.1) is 18.3 Å². The second-order valence-electron chi connectivity index (χ2n) is 4.65. The van der Waals surface area contributed by atoms with Crippen molar-refractivity contribution in [2.45, 2.75) is 52.1 Å². The lowest BCUT2D eigenvalue weighted by Gasteiger charge is -2.43. The van der Waals surface area contributed by atoms with Crippen LogP contribution in [-0.4, -0.2) is 30.7 Å². The SMILES string of the molecule is CC(C)OC1(C)COCC(C)(C)O1. The third-order valence-corrected chi connectivity index (χ3v) is 1.79. The molecule has 0 radical (unpaired) electrons. The van der Waals surface area contributed by atoms with Crippen LogP contribution in [0.15, 0.2) is 0 Å². The molecule has 0 aromatic heterocycles. The molecule has 0 saturated carbocycles. The van der Waals surface area contributed by atoms with Gasteiger partial charge in [-0.3, -0.25) is 0 Å². The van der Waals surface area contributed by atoms with Gasteiger partial charge in [-0.1, -0.05) is 0 Å². The monoisotopic (exact) mass is 188 g/mol. The van der Waals surface area contributed by atoms with E-state index in [9.17, 15) is 0 Å². The summed E-state index contributed by atoms with van der Waals surface area (Å²) in [6.45, 7) is 11.1. The molecule has 1 saturated heterocycles. The summed E-state index contributed by atoms with van der Waals surface area (Å²) in [6, 6.07) is 0. The number of ether oxygens (including phenoxy) is 3. The summed E-state index contributed by atoms with van der Waals surface area (Å²) >= 11 is 0. The molecule has 0 N–H and O–H groups in total. The molecular formula is C10H20O3. The first-order valence-electron chi connectivity index (χ1n) is 4.79. The van der Waals surface area contributed by atoms with Crippen molar-refractivity contribution in [2.24, 2.45) is 0 Å². The van der Waals surface area contributed by atoms with Crippen molar-refractivity contribution in [3.8, 4) is 0 Å². The number of rotatable bonds is 2. The van der Waals surface area contributed by atoms with Gasteiger partial charge in [-0.05, 0) is 34.6 Å². The van der Waals surface area contributed by atoms with Gasteiger partial charge in [0.1, 0.15) is 6.61 Å². The molecule has 13 heavy (non-hydrogen) atoms. The molecule has 78 valence electrons. The van der Waals surface area contributed by atoms with Crippen molar-refractivity contribution >= 4 is 0 Å². The topological polar surface area (TPSA) is 27.7 Å². The Morgan fingerprint density at radius 1 is 1.15 bits per heavy atom. The van der Waals surface area contributed by atoms with E-state index >= 15 is 0 Å². The normalized spacial score (nSPS) is 33.7. The summed E-state index contributed by atoms with van der Waals surface area (Å²) < 4.78 is 16.9. The molecule has 1 aliphatic heterocycles. The molecule has 0 aromatic rings. The molecule has 1 unspecified atom stereocenters. The zero-order valence-electron chi connectivity index (χ0n) is 9.22. The summed E-state index contributed by atoms with van der Waals surface area (Å²) in [7, 11) is 0. The van der Waals surface area contributed by atoms with Gasteiger partial charge >= 0.3 is 0 Å². The van der Waals surface area contributed by atoms with Crippen LogP contribution in [0.25, 0.3) is 0 Å². The van der Waals surface area contributed by atoms with Crippen LogP contribution in [0, 0.1) is 0 Å². The summed E-state index contributed by atoms with van der Waals surface area (Å²) in [6.07, 6.45) is 0.155. The van der Waals surface area contributed by atoms with Crippen molar-refractivity contribution in [3.63, 3.8) is 0 Å². The molecule has 1 fully saturated rings. The van der Waals surface area contributed by atoms with Crippen molar-refractivity contribution < 1.29 is 14.2 Å². The lowest BCUT2D eigenvalue weighted by molar-refractivity contribution is -0.341. The van der Waals surface area contributed by atoms with E-state index in [0.29, 0.717) is 13.2 Å². The number of hydrogen-bond donors (Lipinski definition) is 0. The minimum Gasteiger partial charge on any atom is -0.373 e. The van der Waals surface area contributed by atoms with Gasteiger partial charge in [0.25, 0.3) is 0 Å². The second kappa shape index (κ2) is 3.56. The average Bonchev–Trinajstić information content (AvgIpc) is 1.79. The molecule has 1 heterocycles. The molecule has 0 bridgehead atoms. The first-order valence-corrected chi connectivity index (χ1v) is 4.79. The van der Waals surface area contributed by atoms with E-state index in [0.717, 1.165) is 0 Å². The van der Waals surface area contributed by atoms with Gasteiger partial charge in [-0.2, -0.15) is 0 Å². The number of hydrogen-bond acceptors (Lipinski definition) is 3. The molecule has 1 aliphatic rings.